The summed E-state index contributed by atoms with van der Waals surface area (Å²) >= 11 is 0. The highest BCUT2D eigenvalue weighted by Crippen LogP contribution is 2.15. The maximum Gasteiger partial charge on any atom is 0.261 e. The predicted octanol–water partition coefficient (Wildman–Crippen LogP) is 10.1. The van der Waals surface area contributed by atoms with Crippen LogP contribution in [0.4, 0.5) is 0 Å². The minimum Gasteiger partial charge on any atom is -0.234 e. The Balaban J connectivity index is 1.67. The van der Waals surface area contributed by atoms with Crippen LogP contribution in [0.3, 0.4) is 0 Å². The number of hydrogen-bond donors (Lipinski definition) is 0. The van der Waals surface area contributed by atoms with E-state index in [1.54, 1.807) is 0 Å². The topological polar surface area (TPSA) is 8.81 Å². The molecule has 1 heterocycles. The van der Waals surface area contributed by atoms with Crippen LogP contribution < -0.4 is 4.57 Å². The Labute approximate surface area is 218 Å². The summed E-state index contributed by atoms with van der Waals surface area (Å²) < 4.78 is 4.97. The molecule has 1 aromatic carbocycles. The van der Waals surface area contributed by atoms with Crippen LogP contribution in [0.5, 0.6) is 0 Å². The second-order valence-corrected chi connectivity index (χ2v) is 10.7. The number of nitrogens with zero attached hydrogens (tertiary/aromatic N) is 2. The zero-order valence-electron chi connectivity index (χ0n) is 23.5. The van der Waals surface area contributed by atoms with Crippen molar-refractivity contribution in [2.24, 2.45) is 0 Å². The first-order chi connectivity index (χ1) is 17.4. The first kappa shape index (κ1) is 29.7. The van der Waals surface area contributed by atoms with Gasteiger partial charge in [0.1, 0.15) is 18.1 Å². The second kappa shape index (κ2) is 20.6. The molecule has 198 valence electrons. The normalized spacial score (nSPS) is 11.4. The molecule has 2 heteroatoms. The van der Waals surface area contributed by atoms with E-state index < -0.39 is 0 Å². The van der Waals surface area contributed by atoms with E-state index in [0.717, 1.165) is 0 Å². The van der Waals surface area contributed by atoms with E-state index in [1.165, 1.54) is 153 Å². The lowest BCUT2D eigenvalue weighted by molar-refractivity contribution is -0.704. The molecule has 0 spiro atoms. The zero-order chi connectivity index (χ0) is 24.8. The molecule has 0 aliphatic carbocycles. The van der Waals surface area contributed by atoms with Crippen LogP contribution in [0.15, 0.2) is 42.7 Å². The van der Waals surface area contributed by atoms with Gasteiger partial charge in [0.15, 0.2) is 0 Å². The molecule has 2 nitrogen and oxygen atoms in total. The molecule has 0 aliphatic rings. The van der Waals surface area contributed by atoms with Crippen molar-refractivity contribution in [3.8, 4) is 5.69 Å². The highest BCUT2D eigenvalue weighted by atomic mass is 15.1. The van der Waals surface area contributed by atoms with Crippen LogP contribution in [0.2, 0.25) is 0 Å². The van der Waals surface area contributed by atoms with Crippen molar-refractivity contribution in [3.63, 3.8) is 0 Å². The lowest BCUT2D eigenvalue weighted by atomic mass is 10.0. The van der Waals surface area contributed by atoms with Gasteiger partial charge in [0, 0.05) is 6.42 Å². The van der Waals surface area contributed by atoms with Gasteiger partial charge in [0.25, 0.3) is 5.82 Å². The Bertz CT molecular complexity index is 718. The van der Waals surface area contributed by atoms with Gasteiger partial charge in [-0.3, -0.25) is 0 Å². The largest absolute Gasteiger partial charge is 0.261 e. The van der Waals surface area contributed by atoms with Gasteiger partial charge in [-0.25, -0.2) is 4.57 Å². The third-order valence-corrected chi connectivity index (χ3v) is 7.55. The Kier molecular flexibility index (Phi) is 17.5. The molecule has 0 fully saturated rings. The van der Waals surface area contributed by atoms with Gasteiger partial charge in [0.05, 0.1) is 6.54 Å². The first-order valence-corrected chi connectivity index (χ1v) is 15.5. The van der Waals surface area contributed by atoms with Gasteiger partial charge in [-0.05, 0) is 31.4 Å². The Morgan fingerprint density at radius 1 is 0.543 bits per heavy atom. The lowest BCUT2D eigenvalue weighted by Gasteiger charge is -2.06. The Hall–Kier alpha value is -1.57. The number of benzene rings is 1. The van der Waals surface area contributed by atoms with Gasteiger partial charge < -0.3 is 0 Å². The highest BCUT2D eigenvalue weighted by Gasteiger charge is 2.18. The van der Waals surface area contributed by atoms with Gasteiger partial charge in [0.2, 0.25) is 0 Å². The highest BCUT2D eigenvalue weighted by molar-refractivity contribution is 5.31. The van der Waals surface area contributed by atoms with Crippen molar-refractivity contribution in [2.45, 2.75) is 155 Å². The molecule has 0 radical (unpaired) electrons. The molecule has 35 heavy (non-hydrogen) atoms. The summed E-state index contributed by atoms with van der Waals surface area (Å²) in [4.78, 5) is 0. The fourth-order valence-electron chi connectivity index (χ4n) is 5.29. The number of hydrogen-bond acceptors (Lipinski definition) is 0. The van der Waals surface area contributed by atoms with Gasteiger partial charge in [-0.2, -0.15) is 4.57 Å². The molecule has 0 amide bonds. The number of rotatable bonds is 23. The molecule has 0 saturated carbocycles. The summed E-state index contributed by atoms with van der Waals surface area (Å²) in [6.45, 7) is 5.77. The van der Waals surface area contributed by atoms with Gasteiger partial charge >= 0.3 is 0 Å². The van der Waals surface area contributed by atoms with Crippen LogP contribution in [0.25, 0.3) is 5.69 Å². The van der Waals surface area contributed by atoms with E-state index >= 15 is 0 Å². The summed E-state index contributed by atoms with van der Waals surface area (Å²) in [5.74, 6) is 1.49. The third kappa shape index (κ3) is 13.3. The van der Waals surface area contributed by atoms with Crippen LogP contribution in [-0.4, -0.2) is 4.57 Å². The molecule has 1 aromatic heterocycles. The van der Waals surface area contributed by atoms with Crippen molar-refractivity contribution in [1.29, 1.82) is 0 Å². The van der Waals surface area contributed by atoms with Crippen LogP contribution in [-0.2, 0) is 13.0 Å². The lowest BCUT2D eigenvalue weighted by Crippen LogP contribution is -2.37. The molecule has 2 aromatic rings. The van der Waals surface area contributed by atoms with E-state index in [4.69, 9.17) is 0 Å². The fraction of sp³-hybridized carbons (Fsp3) is 0.727. The number of imidazole rings is 1. The van der Waals surface area contributed by atoms with Gasteiger partial charge in [-0.1, -0.05) is 141 Å². The molecule has 2 rings (SSSR count). The summed E-state index contributed by atoms with van der Waals surface area (Å²) in [5, 5.41) is 0. The summed E-state index contributed by atoms with van der Waals surface area (Å²) in [5.41, 5.74) is 1.30. The van der Waals surface area contributed by atoms with Crippen LogP contribution in [0, 0.1) is 0 Å². The number of para-hydroxylation sites is 1. The fourth-order valence-corrected chi connectivity index (χ4v) is 5.29. The van der Waals surface area contributed by atoms with E-state index in [1.807, 2.05) is 0 Å². The quantitative estimate of drug-likeness (QED) is 0.110. The summed E-state index contributed by atoms with van der Waals surface area (Å²) in [7, 11) is 0. The molecular formula is C33H57N2+. The maximum atomic E-state index is 2.54. The number of aromatic nitrogens is 2. The molecular weight excluding hydrogens is 424 g/mol. The van der Waals surface area contributed by atoms with Crippen molar-refractivity contribution < 1.29 is 4.57 Å². The molecule has 0 N–H and O–H groups in total. The number of aryl methyl sites for hydroxylation is 1. The molecule has 0 atom stereocenters. The Morgan fingerprint density at radius 3 is 1.51 bits per heavy atom. The summed E-state index contributed by atoms with van der Waals surface area (Å²) in [6.07, 6.45) is 33.9. The zero-order valence-corrected chi connectivity index (χ0v) is 23.5. The minimum absolute atomic E-state index is 1.17. The van der Waals surface area contributed by atoms with Crippen LogP contribution in [0.1, 0.15) is 148 Å². The Morgan fingerprint density at radius 2 is 1.00 bits per heavy atom. The second-order valence-electron chi connectivity index (χ2n) is 10.7. The molecule has 0 unspecified atom stereocenters. The van der Waals surface area contributed by atoms with Crippen LogP contribution >= 0.6 is 0 Å². The van der Waals surface area contributed by atoms with E-state index in [0.29, 0.717) is 0 Å². The average molecular weight is 482 g/mol. The number of unbranched alkanes of at least 4 members (excludes halogenated alkanes) is 18. The van der Waals surface area contributed by atoms with E-state index in [-0.39, 0.29) is 0 Å². The predicted molar refractivity (Wildman–Crippen MR) is 153 cm³/mol. The third-order valence-electron chi connectivity index (χ3n) is 7.55. The van der Waals surface area contributed by atoms with E-state index in [9.17, 15) is 0 Å². The van der Waals surface area contributed by atoms with E-state index in [2.05, 4.69) is 65.7 Å². The standard InChI is InChI=1S/C33H57N2/c1-3-5-7-9-11-12-13-14-15-16-17-19-24-28-33-34(29-25-20-18-10-8-6-4-2)30-31-35(33)32-26-22-21-23-27-32/h21-23,26-27,30-31H,3-20,24-25,28-29H2,1-2H3/q+1. The van der Waals surface area contributed by atoms with Crippen molar-refractivity contribution in [1.82, 2.24) is 4.57 Å². The molecule has 0 aliphatic heterocycles. The van der Waals surface area contributed by atoms with Crippen molar-refractivity contribution >= 4 is 0 Å². The smallest absolute Gasteiger partial charge is 0.234 e. The maximum absolute atomic E-state index is 2.54. The first-order valence-electron chi connectivity index (χ1n) is 15.5. The van der Waals surface area contributed by atoms with Gasteiger partial charge in [-0.15, -0.1) is 0 Å². The molecule has 0 saturated heterocycles. The SMILES string of the molecule is CCCCCCCCCCCCCCCc1n(-c2ccccc2)cc[n+]1CCCCCCCCC. The monoisotopic (exact) mass is 481 g/mol. The molecule has 0 bridgehead atoms. The minimum atomic E-state index is 1.17. The van der Waals surface area contributed by atoms with Crippen molar-refractivity contribution in [3.05, 3.63) is 48.5 Å². The van der Waals surface area contributed by atoms with Crippen molar-refractivity contribution in [2.75, 3.05) is 0 Å². The summed E-state index contributed by atoms with van der Waals surface area (Å²) in [6, 6.07) is 10.9. The average Bonchev–Trinajstić information content (AvgIpc) is 3.29.